The topological polar surface area (TPSA) is 113 Å². The number of hydrogen-bond acceptors (Lipinski definition) is 7. The molecule has 13 heteroatoms. The first-order chi connectivity index (χ1) is 17.4. The average molecular weight is 545 g/mol. The highest BCUT2D eigenvalue weighted by atomic mass is 32.1. The highest BCUT2D eigenvalue weighted by Gasteiger charge is 2.50. The van der Waals surface area contributed by atoms with Crippen LogP contribution in [0.2, 0.25) is 0 Å². The van der Waals surface area contributed by atoms with E-state index < -0.39 is 12.1 Å². The van der Waals surface area contributed by atoms with Gasteiger partial charge in [0.05, 0.1) is 19.9 Å². The zero-order valence-corrected chi connectivity index (χ0v) is 21.8. The second-order valence-electron chi connectivity index (χ2n) is 9.14. The van der Waals surface area contributed by atoms with E-state index >= 15 is 0 Å². The molecule has 1 aliphatic heterocycles. The Bertz CT molecular complexity index is 1110. The SMILES string of the molecule is COc1ccc(C23CCC(NC(=O)Nc4nc(C)cs4)CC2N(C)CC3)cc1OC.O=C(O)C(F)(F)F. The van der Waals surface area contributed by atoms with Crippen molar-refractivity contribution in [3.05, 3.63) is 34.8 Å². The number of hydrogen-bond donors (Lipinski definition) is 3. The number of carbonyl (C=O) groups is 2. The molecule has 204 valence electrons. The van der Waals surface area contributed by atoms with Crippen LogP contribution >= 0.6 is 11.3 Å². The second kappa shape index (κ2) is 11.5. The fourth-order valence-electron chi connectivity index (χ4n) is 5.12. The van der Waals surface area contributed by atoms with E-state index in [2.05, 4.69) is 39.7 Å². The molecule has 3 atom stereocenters. The number of likely N-dealkylation sites (tertiary alicyclic amines) is 1. The Balaban J connectivity index is 0.000000479. The van der Waals surface area contributed by atoms with Crippen molar-refractivity contribution in [3.63, 3.8) is 0 Å². The second-order valence-corrected chi connectivity index (χ2v) is 10.00. The Kier molecular flexibility index (Phi) is 8.90. The lowest BCUT2D eigenvalue weighted by Gasteiger charge is -2.45. The molecule has 1 saturated heterocycles. The number of thiazole rings is 1. The highest BCUT2D eigenvalue weighted by Crippen LogP contribution is 2.49. The van der Waals surface area contributed by atoms with Gasteiger partial charge in [0.2, 0.25) is 0 Å². The van der Waals surface area contributed by atoms with Crippen molar-refractivity contribution in [2.75, 3.05) is 33.1 Å². The van der Waals surface area contributed by atoms with Gasteiger partial charge in [0.15, 0.2) is 16.6 Å². The molecule has 2 fully saturated rings. The first-order valence-corrected chi connectivity index (χ1v) is 12.5. The fourth-order valence-corrected chi connectivity index (χ4v) is 5.81. The lowest BCUT2D eigenvalue weighted by molar-refractivity contribution is -0.192. The normalized spacial score (nSPS) is 23.3. The third-order valence-electron chi connectivity index (χ3n) is 6.90. The summed E-state index contributed by atoms with van der Waals surface area (Å²) in [7, 11) is 5.53. The predicted molar refractivity (Wildman–Crippen MR) is 133 cm³/mol. The van der Waals surface area contributed by atoms with Crippen LogP contribution in [0.25, 0.3) is 0 Å². The summed E-state index contributed by atoms with van der Waals surface area (Å²) in [6.45, 7) is 2.97. The summed E-state index contributed by atoms with van der Waals surface area (Å²) in [5.41, 5.74) is 2.30. The number of urea groups is 1. The van der Waals surface area contributed by atoms with Gasteiger partial charge in [0.25, 0.3) is 0 Å². The van der Waals surface area contributed by atoms with E-state index in [-0.39, 0.29) is 17.5 Å². The monoisotopic (exact) mass is 544 g/mol. The predicted octanol–water partition coefficient (Wildman–Crippen LogP) is 4.42. The lowest BCUT2D eigenvalue weighted by atomic mass is 9.65. The van der Waals surface area contributed by atoms with E-state index in [1.54, 1.807) is 14.2 Å². The lowest BCUT2D eigenvalue weighted by Crippen LogP contribution is -2.52. The number of ether oxygens (including phenoxy) is 2. The number of carboxylic acids is 1. The number of rotatable bonds is 5. The standard InChI is InChI=1S/C22H30N4O3S.C2HF3O2/c1-14-13-30-21(23-14)25-20(27)24-16-7-8-22(9-10-26(2)19(22)12-16)15-5-6-17(28-3)18(11-15)29-4;3-2(4,5)1(6)7/h5-6,11,13,16,19H,7-10,12H2,1-4H3,(H2,23,24,25,27);(H,6,7). The molecule has 37 heavy (non-hydrogen) atoms. The molecule has 4 rings (SSSR count). The van der Waals surface area contributed by atoms with Crippen molar-refractivity contribution >= 4 is 28.5 Å². The van der Waals surface area contributed by atoms with Gasteiger partial charge in [-0.1, -0.05) is 6.07 Å². The van der Waals surface area contributed by atoms with Gasteiger partial charge in [0, 0.05) is 22.9 Å². The van der Waals surface area contributed by atoms with E-state index in [0.717, 1.165) is 49.4 Å². The molecule has 1 aromatic carbocycles. The van der Waals surface area contributed by atoms with E-state index in [9.17, 15) is 18.0 Å². The van der Waals surface area contributed by atoms with Crippen LogP contribution in [-0.2, 0) is 10.2 Å². The minimum atomic E-state index is -5.08. The number of benzene rings is 1. The van der Waals surface area contributed by atoms with Gasteiger partial charge in [0.1, 0.15) is 0 Å². The first-order valence-electron chi connectivity index (χ1n) is 11.6. The molecule has 0 radical (unpaired) electrons. The molecular formula is C24H31F3N4O5S. The first kappa shape index (κ1) is 28.5. The van der Waals surface area contributed by atoms with Crippen LogP contribution in [0.15, 0.2) is 23.6 Å². The summed E-state index contributed by atoms with van der Waals surface area (Å²) >= 11 is 1.45. The number of fused-ring (bicyclic) bond motifs is 1. The molecular weight excluding hydrogens is 513 g/mol. The number of methoxy groups -OCH3 is 2. The summed E-state index contributed by atoms with van der Waals surface area (Å²) in [4.78, 5) is 28.1. The van der Waals surface area contributed by atoms with Crippen molar-refractivity contribution in [2.45, 2.75) is 56.3 Å². The van der Waals surface area contributed by atoms with Crippen molar-refractivity contribution < 1.29 is 37.3 Å². The number of carbonyl (C=O) groups excluding carboxylic acids is 1. The minimum Gasteiger partial charge on any atom is -0.493 e. The number of anilines is 1. The zero-order chi connectivity index (χ0) is 27.4. The number of carboxylic acid groups (broad SMARTS) is 1. The number of nitrogens with one attached hydrogen (secondary N) is 2. The maximum absolute atomic E-state index is 12.5. The zero-order valence-electron chi connectivity index (χ0n) is 21.0. The smallest absolute Gasteiger partial charge is 0.490 e. The van der Waals surface area contributed by atoms with Crippen molar-refractivity contribution in [3.8, 4) is 11.5 Å². The number of likely N-dealkylation sites (N-methyl/N-ethyl adjacent to an activating group) is 1. The number of aryl methyl sites for hydroxylation is 1. The molecule has 3 N–H and O–H groups in total. The van der Waals surface area contributed by atoms with E-state index in [1.807, 2.05) is 18.4 Å². The largest absolute Gasteiger partial charge is 0.493 e. The summed E-state index contributed by atoms with van der Waals surface area (Å²) in [6.07, 6.45) is -1.07. The molecule has 2 heterocycles. The quantitative estimate of drug-likeness (QED) is 0.511. The van der Waals surface area contributed by atoms with Crippen molar-refractivity contribution in [1.29, 1.82) is 0 Å². The summed E-state index contributed by atoms with van der Waals surface area (Å²) in [5, 5.41) is 15.7. The van der Waals surface area contributed by atoms with Crippen LogP contribution in [0.4, 0.5) is 23.1 Å². The van der Waals surface area contributed by atoms with E-state index in [4.69, 9.17) is 19.4 Å². The Hall–Kier alpha value is -3.06. The molecule has 3 unspecified atom stereocenters. The van der Waals surface area contributed by atoms with Gasteiger partial charge < -0.3 is 24.8 Å². The van der Waals surface area contributed by atoms with Gasteiger partial charge in [-0.05, 0) is 63.9 Å². The molecule has 0 spiro atoms. The maximum Gasteiger partial charge on any atom is 0.490 e. The van der Waals surface area contributed by atoms with Crippen LogP contribution in [-0.4, -0.2) is 73.1 Å². The fraction of sp³-hybridized carbons (Fsp3) is 0.542. The number of halogens is 3. The minimum absolute atomic E-state index is 0.0787. The average Bonchev–Trinajstić information content (AvgIpc) is 3.41. The van der Waals surface area contributed by atoms with Gasteiger partial charge in [-0.2, -0.15) is 13.2 Å². The Labute approximate surface area is 217 Å². The number of alkyl halides is 3. The van der Waals surface area contributed by atoms with Crippen LogP contribution < -0.4 is 20.1 Å². The molecule has 2 amide bonds. The molecule has 1 aromatic heterocycles. The van der Waals surface area contributed by atoms with Gasteiger partial charge >= 0.3 is 18.2 Å². The summed E-state index contributed by atoms with van der Waals surface area (Å²) in [5.74, 6) is -1.23. The highest BCUT2D eigenvalue weighted by molar-refractivity contribution is 7.13. The van der Waals surface area contributed by atoms with Gasteiger partial charge in [-0.25, -0.2) is 14.6 Å². The number of amides is 2. The molecule has 0 bridgehead atoms. The van der Waals surface area contributed by atoms with Gasteiger partial charge in [-0.15, -0.1) is 11.3 Å². The van der Waals surface area contributed by atoms with Crippen LogP contribution in [0.1, 0.15) is 36.9 Å². The van der Waals surface area contributed by atoms with Crippen molar-refractivity contribution in [2.24, 2.45) is 0 Å². The maximum atomic E-state index is 12.5. The number of nitrogens with zero attached hydrogens (tertiary/aromatic N) is 2. The van der Waals surface area contributed by atoms with Gasteiger partial charge in [-0.3, -0.25) is 5.32 Å². The van der Waals surface area contributed by atoms with E-state index in [1.165, 1.54) is 16.9 Å². The third-order valence-corrected chi connectivity index (χ3v) is 7.78. The molecule has 1 saturated carbocycles. The van der Waals surface area contributed by atoms with Crippen LogP contribution in [0, 0.1) is 6.92 Å². The molecule has 2 aliphatic rings. The number of aliphatic carboxylic acids is 1. The molecule has 1 aliphatic carbocycles. The Morgan fingerprint density at radius 2 is 1.89 bits per heavy atom. The Morgan fingerprint density at radius 1 is 1.22 bits per heavy atom. The van der Waals surface area contributed by atoms with Crippen molar-refractivity contribution in [1.82, 2.24) is 15.2 Å². The van der Waals surface area contributed by atoms with Crippen LogP contribution in [0.5, 0.6) is 11.5 Å². The van der Waals surface area contributed by atoms with E-state index in [0.29, 0.717) is 11.2 Å². The Morgan fingerprint density at radius 3 is 2.46 bits per heavy atom. The number of aromatic nitrogens is 1. The van der Waals surface area contributed by atoms with Crippen LogP contribution in [0.3, 0.4) is 0 Å². The third kappa shape index (κ3) is 6.63. The molecule has 2 aromatic rings. The summed E-state index contributed by atoms with van der Waals surface area (Å²) in [6, 6.07) is 6.66. The summed E-state index contributed by atoms with van der Waals surface area (Å²) < 4.78 is 42.7. The molecule has 9 nitrogen and oxygen atoms in total.